The maximum atomic E-state index is 12.1. The predicted molar refractivity (Wildman–Crippen MR) is 78.9 cm³/mol. The van der Waals surface area contributed by atoms with E-state index < -0.39 is 0 Å². The zero-order valence-corrected chi connectivity index (χ0v) is 12.3. The van der Waals surface area contributed by atoms with Crippen molar-refractivity contribution >= 4 is 17.6 Å². The van der Waals surface area contributed by atoms with Gasteiger partial charge in [0.2, 0.25) is 0 Å². The number of rotatable bonds is 4. The lowest BCUT2D eigenvalue weighted by Gasteiger charge is -2.10. The van der Waals surface area contributed by atoms with E-state index in [0.29, 0.717) is 16.3 Å². The molecule has 0 atom stereocenters. The van der Waals surface area contributed by atoms with E-state index in [9.17, 15) is 4.79 Å². The molecule has 1 aromatic heterocycles. The molecular formula is C16H16ClNO2. The van der Waals surface area contributed by atoms with Crippen molar-refractivity contribution in [1.29, 1.82) is 0 Å². The topological polar surface area (TPSA) is 39.2 Å². The number of halogens is 1. The highest BCUT2D eigenvalue weighted by atomic mass is 35.5. The molecular weight excluding hydrogens is 274 g/mol. The second-order valence-corrected chi connectivity index (χ2v) is 4.83. The summed E-state index contributed by atoms with van der Waals surface area (Å²) in [6.45, 7) is 4.13. The van der Waals surface area contributed by atoms with E-state index in [1.54, 1.807) is 24.4 Å². The second-order valence-electron chi connectivity index (χ2n) is 4.47. The Morgan fingerprint density at radius 2 is 2.00 bits per heavy atom. The van der Waals surface area contributed by atoms with Gasteiger partial charge in [-0.25, -0.2) is 9.78 Å². The van der Waals surface area contributed by atoms with Gasteiger partial charge in [-0.3, -0.25) is 0 Å². The Morgan fingerprint density at radius 1 is 1.25 bits per heavy atom. The maximum absolute atomic E-state index is 12.1. The molecule has 0 aliphatic rings. The molecule has 2 aromatic rings. The monoisotopic (exact) mass is 289 g/mol. The van der Waals surface area contributed by atoms with Crippen LogP contribution in [0.1, 0.15) is 34.0 Å². The Balaban J connectivity index is 2.12. The third-order valence-corrected chi connectivity index (χ3v) is 3.58. The van der Waals surface area contributed by atoms with E-state index in [0.717, 1.165) is 17.5 Å². The Hall–Kier alpha value is -1.87. The van der Waals surface area contributed by atoms with E-state index in [4.69, 9.17) is 16.3 Å². The molecule has 0 saturated heterocycles. The SMILES string of the molecule is CCc1cccc(C(=O)OCc2cccnc2Cl)c1C. The van der Waals surface area contributed by atoms with Crippen molar-refractivity contribution in [3.63, 3.8) is 0 Å². The van der Waals surface area contributed by atoms with Gasteiger partial charge in [0, 0.05) is 11.8 Å². The Kier molecular flexibility index (Phi) is 4.74. The van der Waals surface area contributed by atoms with Crippen LogP contribution in [0, 0.1) is 6.92 Å². The summed E-state index contributed by atoms with van der Waals surface area (Å²) in [5.74, 6) is -0.335. The Morgan fingerprint density at radius 3 is 2.70 bits per heavy atom. The number of carbonyl (C=O) groups is 1. The van der Waals surface area contributed by atoms with Gasteiger partial charge >= 0.3 is 5.97 Å². The number of pyridine rings is 1. The summed E-state index contributed by atoms with van der Waals surface area (Å²) in [6.07, 6.45) is 2.49. The number of esters is 1. The van der Waals surface area contributed by atoms with Crippen LogP contribution in [0.15, 0.2) is 36.5 Å². The quantitative estimate of drug-likeness (QED) is 0.632. The molecule has 1 heterocycles. The third-order valence-electron chi connectivity index (χ3n) is 3.24. The van der Waals surface area contributed by atoms with Crippen LogP contribution in [0.2, 0.25) is 5.15 Å². The first kappa shape index (κ1) is 14.5. The summed E-state index contributed by atoms with van der Waals surface area (Å²) in [4.78, 5) is 16.1. The molecule has 0 radical (unpaired) electrons. The summed E-state index contributed by atoms with van der Waals surface area (Å²) in [6, 6.07) is 9.22. The van der Waals surface area contributed by atoms with Crippen molar-refractivity contribution in [2.45, 2.75) is 26.9 Å². The number of nitrogens with zero attached hydrogens (tertiary/aromatic N) is 1. The van der Waals surface area contributed by atoms with E-state index in [2.05, 4.69) is 11.9 Å². The van der Waals surface area contributed by atoms with Crippen LogP contribution in [0.25, 0.3) is 0 Å². The molecule has 1 aromatic carbocycles. The van der Waals surface area contributed by atoms with Gasteiger partial charge in [0.25, 0.3) is 0 Å². The minimum absolute atomic E-state index is 0.126. The predicted octanol–water partition coefficient (Wildman–Crippen LogP) is 3.96. The summed E-state index contributed by atoms with van der Waals surface area (Å²) in [7, 11) is 0. The molecule has 104 valence electrons. The first-order valence-corrected chi connectivity index (χ1v) is 6.86. The summed E-state index contributed by atoms with van der Waals surface area (Å²) in [5.41, 5.74) is 3.42. The van der Waals surface area contributed by atoms with Crippen molar-refractivity contribution in [2.75, 3.05) is 0 Å². The van der Waals surface area contributed by atoms with Crippen LogP contribution >= 0.6 is 11.6 Å². The molecule has 0 unspecified atom stereocenters. The third kappa shape index (κ3) is 3.17. The lowest BCUT2D eigenvalue weighted by Crippen LogP contribution is -2.08. The Bertz CT molecular complexity index is 626. The van der Waals surface area contributed by atoms with E-state index in [1.165, 1.54) is 0 Å². The van der Waals surface area contributed by atoms with E-state index >= 15 is 0 Å². The van der Waals surface area contributed by atoms with Crippen molar-refractivity contribution in [3.8, 4) is 0 Å². The van der Waals surface area contributed by atoms with Crippen LogP contribution in [-0.4, -0.2) is 11.0 Å². The van der Waals surface area contributed by atoms with Crippen LogP contribution < -0.4 is 0 Å². The van der Waals surface area contributed by atoms with Crippen LogP contribution in [0.5, 0.6) is 0 Å². The van der Waals surface area contributed by atoms with Gasteiger partial charge in [-0.15, -0.1) is 0 Å². The lowest BCUT2D eigenvalue weighted by molar-refractivity contribution is 0.0471. The van der Waals surface area contributed by atoms with Gasteiger partial charge in [0.15, 0.2) is 0 Å². The molecule has 2 rings (SSSR count). The smallest absolute Gasteiger partial charge is 0.338 e. The first-order valence-electron chi connectivity index (χ1n) is 6.48. The Labute approximate surface area is 123 Å². The second kappa shape index (κ2) is 6.53. The van der Waals surface area contributed by atoms with E-state index in [-0.39, 0.29) is 12.6 Å². The minimum Gasteiger partial charge on any atom is -0.457 e. The van der Waals surface area contributed by atoms with Gasteiger partial charge < -0.3 is 4.74 Å². The molecule has 4 heteroatoms. The minimum atomic E-state index is -0.335. The standard InChI is InChI=1S/C16H16ClNO2/c1-3-12-6-4-8-14(11(12)2)16(19)20-10-13-7-5-9-18-15(13)17/h4-9H,3,10H2,1-2H3. The van der Waals surface area contributed by atoms with Crippen molar-refractivity contribution in [2.24, 2.45) is 0 Å². The number of carbonyl (C=O) groups excluding carboxylic acids is 1. The fourth-order valence-corrected chi connectivity index (χ4v) is 2.21. The zero-order valence-electron chi connectivity index (χ0n) is 11.5. The van der Waals surface area contributed by atoms with Gasteiger partial charge in [-0.05, 0) is 36.6 Å². The fraction of sp³-hybridized carbons (Fsp3) is 0.250. The number of hydrogen-bond donors (Lipinski definition) is 0. The molecule has 0 aliphatic carbocycles. The average Bonchev–Trinajstić information content (AvgIpc) is 2.46. The highest BCUT2D eigenvalue weighted by Crippen LogP contribution is 2.17. The maximum Gasteiger partial charge on any atom is 0.338 e. The highest BCUT2D eigenvalue weighted by molar-refractivity contribution is 6.30. The van der Waals surface area contributed by atoms with Gasteiger partial charge in [-0.2, -0.15) is 0 Å². The lowest BCUT2D eigenvalue weighted by atomic mass is 10.0. The zero-order chi connectivity index (χ0) is 14.5. The first-order chi connectivity index (χ1) is 9.63. The van der Waals surface area contributed by atoms with Gasteiger partial charge in [0.1, 0.15) is 11.8 Å². The van der Waals surface area contributed by atoms with Gasteiger partial charge in [0.05, 0.1) is 5.56 Å². The van der Waals surface area contributed by atoms with Gasteiger partial charge in [-0.1, -0.05) is 36.7 Å². The molecule has 0 bridgehead atoms. The molecule has 0 N–H and O–H groups in total. The van der Waals surface area contributed by atoms with Crippen LogP contribution in [0.3, 0.4) is 0 Å². The van der Waals surface area contributed by atoms with Crippen molar-refractivity contribution in [1.82, 2.24) is 4.98 Å². The molecule has 3 nitrogen and oxygen atoms in total. The van der Waals surface area contributed by atoms with Crippen LogP contribution in [-0.2, 0) is 17.8 Å². The number of aryl methyl sites for hydroxylation is 1. The largest absolute Gasteiger partial charge is 0.457 e. The normalized spacial score (nSPS) is 10.3. The molecule has 0 spiro atoms. The van der Waals surface area contributed by atoms with Crippen molar-refractivity contribution < 1.29 is 9.53 Å². The molecule has 0 aliphatic heterocycles. The summed E-state index contributed by atoms with van der Waals surface area (Å²) >= 11 is 5.93. The summed E-state index contributed by atoms with van der Waals surface area (Å²) < 4.78 is 5.31. The number of hydrogen-bond acceptors (Lipinski definition) is 3. The van der Waals surface area contributed by atoms with Crippen LogP contribution in [0.4, 0.5) is 0 Å². The molecule has 0 amide bonds. The number of ether oxygens (including phenoxy) is 1. The number of aromatic nitrogens is 1. The van der Waals surface area contributed by atoms with E-state index in [1.807, 2.05) is 19.1 Å². The highest BCUT2D eigenvalue weighted by Gasteiger charge is 2.13. The fourth-order valence-electron chi connectivity index (χ4n) is 2.04. The summed E-state index contributed by atoms with van der Waals surface area (Å²) in [5, 5.41) is 0.360. The number of benzene rings is 1. The molecule has 20 heavy (non-hydrogen) atoms. The molecule has 0 saturated carbocycles. The van der Waals surface area contributed by atoms with Crippen molar-refractivity contribution in [3.05, 3.63) is 63.9 Å². The average molecular weight is 290 g/mol. The molecule has 0 fully saturated rings.